The van der Waals surface area contributed by atoms with E-state index in [4.69, 9.17) is 0 Å². The number of carbonyl (C=O) groups is 2. The molecule has 2 aliphatic carbocycles. The fraction of sp³-hybridized carbons (Fsp3) is 0.875. The Bertz CT molecular complexity index is 393. The molecular weight excluding hydrogens is 286 g/mol. The van der Waals surface area contributed by atoms with Gasteiger partial charge in [0.15, 0.2) is 0 Å². The molecule has 120 valence electrons. The number of carboxylic acids is 1. The third kappa shape index (κ3) is 3.74. The Hall–Kier alpha value is -0.710. The van der Waals surface area contributed by atoms with E-state index in [-0.39, 0.29) is 16.6 Å². The Balaban J connectivity index is 1.94. The van der Waals surface area contributed by atoms with E-state index in [1.54, 1.807) is 0 Å². The third-order valence-corrected chi connectivity index (χ3v) is 6.84. The molecule has 0 aliphatic heterocycles. The lowest BCUT2D eigenvalue weighted by molar-refractivity contribution is -0.146. The van der Waals surface area contributed by atoms with E-state index in [1.807, 2.05) is 11.8 Å². The topological polar surface area (TPSA) is 66.4 Å². The second-order valence-corrected chi connectivity index (χ2v) is 7.88. The van der Waals surface area contributed by atoms with Crippen LogP contribution in [0.25, 0.3) is 0 Å². The van der Waals surface area contributed by atoms with Crippen molar-refractivity contribution >= 4 is 23.6 Å². The maximum Gasteiger partial charge on any atom is 0.307 e. The molecule has 2 N–H and O–H groups in total. The van der Waals surface area contributed by atoms with Gasteiger partial charge in [0.1, 0.15) is 0 Å². The first-order valence-corrected chi connectivity index (χ1v) is 9.29. The van der Waals surface area contributed by atoms with Crippen LogP contribution in [0.2, 0.25) is 0 Å². The highest BCUT2D eigenvalue weighted by molar-refractivity contribution is 8.00. The molecule has 0 bridgehead atoms. The number of carboxylic acid groups (broad SMARTS) is 1. The van der Waals surface area contributed by atoms with Gasteiger partial charge in [0.25, 0.3) is 0 Å². The Morgan fingerprint density at radius 1 is 1.24 bits per heavy atom. The van der Waals surface area contributed by atoms with Crippen LogP contribution in [0.3, 0.4) is 0 Å². The zero-order valence-electron chi connectivity index (χ0n) is 13.1. The van der Waals surface area contributed by atoms with Gasteiger partial charge >= 0.3 is 5.97 Å². The van der Waals surface area contributed by atoms with E-state index < -0.39 is 11.9 Å². The number of amides is 1. The van der Waals surface area contributed by atoms with Crippen molar-refractivity contribution in [2.45, 2.75) is 56.6 Å². The largest absolute Gasteiger partial charge is 0.481 e. The first-order chi connectivity index (χ1) is 10.0. The van der Waals surface area contributed by atoms with Gasteiger partial charge in [-0.05, 0) is 37.9 Å². The second-order valence-electron chi connectivity index (χ2n) is 6.61. The zero-order valence-corrected chi connectivity index (χ0v) is 13.9. The van der Waals surface area contributed by atoms with E-state index in [0.29, 0.717) is 18.9 Å². The van der Waals surface area contributed by atoms with E-state index in [9.17, 15) is 14.7 Å². The summed E-state index contributed by atoms with van der Waals surface area (Å²) in [6.45, 7) is 2.76. The van der Waals surface area contributed by atoms with Crippen molar-refractivity contribution < 1.29 is 14.7 Å². The van der Waals surface area contributed by atoms with Crippen molar-refractivity contribution in [1.82, 2.24) is 5.32 Å². The molecule has 4 nitrogen and oxygen atoms in total. The lowest BCUT2D eigenvalue weighted by Crippen LogP contribution is -2.42. The van der Waals surface area contributed by atoms with Gasteiger partial charge in [0.2, 0.25) is 5.91 Å². The Morgan fingerprint density at radius 2 is 1.86 bits per heavy atom. The lowest BCUT2D eigenvalue weighted by Gasteiger charge is -2.28. The molecule has 0 aromatic carbocycles. The van der Waals surface area contributed by atoms with Crippen molar-refractivity contribution in [1.29, 1.82) is 0 Å². The number of thioether (sulfide) groups is 1. The number of hydrogen-bond donors (Lipinski definition) is 2. The smallest absolute Gasteiger partial charge is 0.307 e. The second kappa shape index (κ2) is 7.03. The lowest BCUT2D eigenvalue weighted by atomic mass is 9.95. The van der Waals surface area contributed by atoms with Crippen LogP contribution in [-0.4, -0.2) is 34.5 Å². The first-order valence-electron chi connectivity index (χ1n) is 8.07. The summed E-state index contributed by atoms with van der Waals surface area (Å²) in [4.78, 5) is 23.8. The molecule has 21 heavy (non-hydrogen) atoms. The highest BCUT2D eigenvalue weighted by atomic mass is 32.2. The van der Waals surface area contributed by atoms with Crippen LogP contribution in [-0.2, 0) is 9.59 Å². The van der Waals surface area contributed by atoms with E-state index in [2.05, 4.69) is 18.5 Å². The molecule has 3 atom stereocenters. The Morgan fingerprint density at radius 3 is 2.38 bits per heavy atom. The standard InChI is InChI=1S/C16H27NO3S/c1-3-11-8-12(13(9-11)15(19)20)14(18)17-10-16(21-2)6-4-5-7-16/h11-13H,3-10H2,1-2H3,(H,17,18)(H,19,20). The molecule has 3 unspecified atom stereocenters. The number of aliphatic carboxylic acids is 1. The molecule has 0 aromatic heterocycles. The molecule has 2 aliphatic rings. The number of nitrogens with one attached hydrogen (secondary N) is 1. The van der Waals surface area contributed by atoms with Gasteiger partial charge in [0, 0.05) is 11.3 Å². The predicted octanol–water partition coefficient (Wildman–Crippen LogP) is 2.92. The molecule has 0 radical (unpaired) electrons. The number of rotatable bonds is 6. The van der Waals surface area contributed by atoms with Gasteiger partial charge in [-0.15, -0.1) is 0 Å². The quantitative estimate of drug-likeness (QED) is 0.791. The Labute approximate surface area is 131 Å². The maximum absolute atomic E-state index is 12.5. The van der Waals surface area contributed by atoms with Crippen molar-refractivity contribution in [2.75, 3.05) is 12.8 Å². The van der Waals surface area contributed by atoms with Gasteiger partial charge in [0.05, 0.1) is 11.8 Å². The molecule has 5 heteroatoms. The fourth-order valence-electron chi connectivity index (χ4n) is 3.89. The van der Waals surface area contributed by atoms with E-state index >= 15 is 0 Å². The average molecular weight is 313 g/mol. The number of carbonyl (C=O) groups excluding carboxylic acids is 1. The monoisotopic (exact) mass is 313 g/mol. The molecule has 1 amide bonds. The van der Waals surface area contributed by atoms with Crippen LogP contribution < -0.4 is 5.32 Å². The summed E-state index contributed by atoms with van der Waals surface area (Å²) in [6.07, 6.45) is 9.22. The molecular formula is C16H27NO3S. The molecule has 2 fully saturated rings. The molecule has 2 saturated carbocycles. The summed E-state index contributed by atoms with van der Waals surface area (Å²) < 4.78 is 0.178. The van der Waals surface area contributed by atoms with E-state index in [1.165, 1.54) is 12.8 Å². The van der Waals surface area contributed by atoms with Gasteiger partial charge in [-0.2, -0.15) is 11.8 Å². The van der Waals surface area contributed by atoms with Gasteiger partial charge in [-0.1, -0.05) is 26.2 Å². The third-order valence-electron chi connectivity index (χ3n) is 5.42. The minimum absolute atomic E-state index is 0.0429. The van der Waals surface area contributed by atoms with Crippen molar-refractivity contribution in [3.8, 4) is 0 Å². The van der Waals surface area contributed by atoms with Crippen molar-refractivity contribution in [3.05, 3.63) is 0 Å². The van der Waals surface area contributed by atoms with Crippen molar-refractivity contribution in [2.24, 2.45) is 17.8 Å². The highest BCUT2D eigenvalue weighted by Gasteiger charge is 2.43. The highest BCUT2D eigenvalue weighted by Crippen LogP contribution is 2.41. The summed E-state index contributed by atoms with van der Waals surface area (Å²) in [5.41, 5.74) is 0. The van der Waals surface area contributed by atoms with Gasteiger partial charge in [-0.3, -0.25) is 9.59 Å². The summed E-state index contributed by atoms with van der Waals surface area (Å²) >= 11 is 1.85. The van der Waals surface area contributed by atoms with Crippen LogP contribution in [0, 0.1) is 17.8 Å². The normalized spacial score (nSPS) is 31.2. The van der Waals surface area contributed by atoms with Gasteiger partial charge in [-0.25, -0.2) is 0 Å². The molecule has 2 rings (SSSR count). The molecule has 0 saturated heterocycles. The van der Waals surface area contributed by atoms with Crippen LogP contribution >= 0.6 is 11.8 Å². The molecule has 0 spiro atoms. The summed E-state index contributed by atoms with van der Waals surface area (Å²) in [7, 11) is 0. The van der Waals surface area contributed by atoms with Crippen LogP contribution in [0.1, 0.15) is 51.9 Å². The summed E-state index contributed by atoms with van der Waals surface area (Å²) in [6, 6.07) is 0. The SMILES string of the molecule is CCC1CC(C(=O)O)C(C(=O)NCC2(SC)CCCC2)C1. The average Bonchev–Trinajstić information content (AvgIpc) is 3.12. The van der Waals surface area contributed by atoms with Crippen molar-refractivity contribution in [3.63, 3.8) is 0 Å². The van der Waals surface area contributed by atoms with Crippen LogP contribution in [0.15, 0.2) is 0 Å². The van der Waals surface area contributed by atoms with Crippen LogP contribution in [0.5, 0.6) is 0 Å². The summed E-state index contributed by atoms with van der Waals surface area (Å²) in [5, 5.41) is 12.4. The van der Waals surface area contributed by atoms with E-state index in [0.717, 1.165) is 25.7 Å². The predicted molar refractivity (Wildman–Crippen MR) is 85.4 cm³/mol. The zero-order chi connectivity index (χ0) is 15.5. The molecule has 0 heterocycles. The summed E-state index contributed by atoms with van der Waals surface area (Å²) in [5.74, 6) is -1.32. The van der Waals surface area contributed by atoms with Crippen LogP contribution in [0.4, 0.5) is 0 Å². The minimum Gasteiger partial charge on any atom is -0.481 e. The fourth-order valence-corrected chi connectivity index (χ4v) is 4.80. The Kier molecular flexibility index (Phi) is 5.58. The number of hydrogen-bond acceptors (Lipinski definition) is 3. The first kappa shape index (κ1) is 16.7. The molecule has 0 aromatic rings. The minimum atomic E-state index is -0.813. The van der Waals surface area contributed by atoms with Gasteiger partial charge < -0.3 is 10.4 Å². The maximum atomic E-state index is 12.5.